The second-order valence-corrected chi connectivity index (χ2v) is 8.21. The Hall–Kier alpha value is -0.380. The molecule has 3 N–H and O–H groups in total. The van der Waals surface area contributed by atoms with Gasteiger partial charge in [0.25, 0.3) is 0 Å². The van der Waals surface area contributed by atoms with E-state index in [1.807, 2.05) is 24.4 Å². The highest BCUT2D eigenvalue weighted by Gasteiger charge is 2.25. The van der Waals surface area contributed by atoms with Gasteiger partial charge in [0.1, 0.15) is 5.60 Å². The van der Waals surface area contributed by atoms with E-state index in [0.717, 1.165) is 23.9 Å². The minimum absolute atomic E-state index is 0. The molecule has 1 aromatic heterocycles. The molecule has 2 rings (SSSR count). The normalized spacial score (nSPS) is 22.2. The smallest absolute Gasteiger partial charge is 0.191 e. The summed E-state index contributed by atoms with van der Waals surface area (Å²) < 4.78 is 0. The van der Waals surface area contributed by atoms with Gasteiger partial charge in [0.15, 0.2) is 5.96 Å². The van der Waals surface area contributed by atoms with Crippen LogP contribution in [0.4, 0.5) is 0 Å². The largest absolute Gasteiger partial charge is 0.383 e. The maximum atomic E-state index is 10.6. The van der Waals surface area contributed by atoms with E-state index in [-0.39, 0.29) is 24.0 Å². The number of hydrogen-bond donors (Lipinski definition) is 3. The zero-order valence-electron chi connectivity index (χ0n) is 16.5. The zero-order valence-corrected chi connectivity index (χ0v) is 19.6. The molecule has 150 valence electrons. The maximum absolute atomic E-state index is 10.6. The summed E-state index contributed by atoms with van der Waals surface area (Å²) in [6, 6.07) is 5.05. The van der Waals surface area contributed by atoms with E-state index >= 15 is 0 Å². The molecule has 2 heterocycles. The van der Waals surface area contributed by atoms with Crippen molar-refractivity contribution in [3.8, 4) is 0 Å². The lowest BCUT2D eigenvalue weighted by Gasteiger charge is -2.38. The van der Waals surface area contributed by atoms with Crippen molar-refractivity contribution in [3.63, 3.8) is 0 Å². The van der Waals surface area contributed by atoms with Crippen LogP contribution in [0.1, 0.15) is 51.8 Å². The Morgan fingerprint density at radius 1 is 1.46 bits per heavy atom. The number of nitrogens with zero attached hydrogens (tertiary/aromatic N) is 2. The lowest BCUT2D eigenvalue weighted by molar-refractivity contribution is 0.0711. The molecule has 0 spiro atoms. The Balaban J connectivity index is 0.00000338. The quantitative estimate of drug-likeness (QED) is 0.309. The van der Waals surface area contributed by atoms with Crippen molar-refractivity contribution in [1.29, 1.82) is 0 Å². The van der Waals surface area contributed by atoms with Crippen LogP contribution in [0.5, 0.6) is 0 Å². The van der Waals surface area contributed by atoms with E-state index in [1.54, 1.807) is 11.3 Å². The Bertz CT molecular complexity index is 536. The van der Waals surface area contributed by atoms with Crippen molar-refractivity contribution in [3.05, 3.63) is 22.4 Å². The number of likely N-dealkylation sites (tertiary alicyclic amines) is 1. The van der Waals surface area contributed by atoms with Gasteiger partial charge >= 0.3 is 0 Å². The van der Waals surface area contributed by atoms with E-state index < -0.39 is 5.60 Å². The first-order valence-electron chi connectivity index (χ1n) is 9.48. The Kier molecular flexibility index (Phi) is 10.4. The SMILES string of the molecule is CCNC(=NCC(C)(O)c1cccs1)NCC(C)N1CCCCC1C.I. The van der Waals surface area contributed by atoms with Crippen molar-refractivity contribution < 1.29 is 5.11 Å². The van der Waals surface area contributed by atoms with E-state index in [1.165, 1.54) is 25.8 Å². The molecule has 0 aromatic carbocycles. The summed E-state index contributed by atoms with van der Waals surface area (Å²) in [5, 5.41) is 19.4. The fraction of sp³-hybridized carbons (Fsp3) is 0.737. The minimum Gasteiger partial charge on any atom is -0.383 e. The van der Waals surface area contributed by atoms with Gasteiger partial charge in [-0.05, 0) is 58.5 Å². The average Bonchev–Trinajstić information content (AvgIpc) is 3.13. The zero-order chi connectivity index (χ0) is 18.3. The molecule has 0 saturated carbocycles. The van der Waals surface area contributed by atoms with E-state index in [4.69, 9.17) is 0 Å². The van der Waals surface area contributed by atoms with Crippen LogP contribution in [0.2, 0.25) is 0 Å². The van der Waals surface area contributed by atoms with E-state index in [2.05, 4.69) is 41.3 Å². The third kappa shape index (κ3) is 6.98. The fourth-order valence-corrected chi connectivity index (χ4v) is 4.15. The fourth-order valence-electron chi connectivity index (χ4n) is 3.37. The topological polar surface area (TPSA) is 59.9 Å². The van der Waals surface area contributed by atoms with Gasteiger partial charge in [-0.3, -0.25) is 4.90 Å². The first-order chi connectivity index (χ1) is 11.9. The number of hydrogen-bond acceptors (Lipinski definition) is 4. The molecular weight excluding hydrogens is 459 g/mol. The van der Waals surface area contributed by atoms with Gasteiger partial charge in [-0.15, -0.1) is 35.3 Å². The second-order valence-electron chi connectivity index (χ2n) is 7.26. The van der Waals surface area contributed by atoms with Crippen LogP contribution < -0.4 is 10.6 Å². The highest BCUT2D eigenvalue weighted by atomic mass is 127. The van der Waals surface area contributed by atoms with Crippen LogP contribution >= 0.6 is 35.3 Å². The van der Waals surface area contributed by atoms with E-state index in [0.29, 0.717) is 18.6 Å². The Morgan fingerprint density at radius 2 is 2.23 bits per heavy atom. The van der Waals surface area contributed by atoms with Gasteiger partial charge in [0.05, 0.1) is 6.54 Å². The van der Waals surface area contributed by atoms with Crippen molar-refractivity contribution in [2.45, 2.75) is 64.6 Å². The second kappa shape index (κ2) is 11.5. The summed E-state index contributed by atoms with van der Waals surface area (Å²) in [7, 11) is 0. The standard InChI is InChI=1S/C19H34N4OS.HI/c1-5-20-18(22-14-19(4,24)17-10-8-12-25-17)21-13-16(3)23-11-7-6-9-15(23)2;/h8,10,12,15-16,24H,5-7,9,11,13-14H2,1-4H3,(H2,20,21,22);1H. The predicted octanol–water partition coefficient (Wildman–Crippen LogP) is 3.39. The van der Waals surface area contributed by atoms with Crippen molar-refractivity contribution >= 4 is 41.3 Å². The number of guanidine groups is 1. The molecule has 0 aliphatic carbocycles. The first kappa shape index (κ1) is 23.7. The highest BCUT2D eigenvalue weighted by molar-refractivity contribution is 14.0. The molecule has 1 aliphatic rings. The molecule has 0 amide bonds. The minimum atomic E-state index is -0.927. The summed E-state index contributed by atoms with van der Waals surface area (Å²) in [6.45, 7) is 11.7. The number of piperidine rings is 1. The Morgan fingerprint density at radius 3 is 2.85 bits per heavy atom. The monoisotopic (exact) mass is 494 g/mol. The summed E-state index contributed by atoms with van der Waals surface area (Å²) in [5.41, 5.74) is -0.927. The third-order valence-corrected chi connectivity index (χ3v) is 6.05. The number of thiophene rings is 1. The molecule has 5 nitrogen and oxygen atoms in total. The molecule has 1 fully saturated rings. The molecule has 0 radical (unpaired) electrons. The Labute approximate surface area is 179 Å². The van der Waals surface area contributed by atoms with Crippen LogP contribution in [0.15, 0.2) is 22.5 Å². The summed E-state index contributed by atoms with van der Waals surface area (Å²) in [5.74, 6) is 0.774. The molecule has 7 heteroatoms. The van der Waals surface area contributed by atoms with Gasteiger partial charge in [0, 0.05) is 30.1 Å². The summed E-state index contributed by atoms with van der Waals surface area (Å²) >= 11 is 1.57. The highest BCUT2D eigenvalue weighted by Crippen LogP contribution is 2.25. The number of halogens is 1. The number of aliphatic imine (C=N–C) groups is 1. The maximum Gasteiger partial charge on any atom is 0.191 e. The summed E-state index contributed by atoms with van der Waals surface area (Å²) in [4.78, 5) is 8.14. The van der Waals surface area contributed by atoms with Gasteiger partial charge < -0.3 is 15.7 Å². The van der Waals surface area contributed by atoms with Crippen LogP contribution in [-0.4, -0.2) is 54.2 Å². The molecule has 1 aliphatic heterocycles. The first-order valence-corrected chi connectivity index (χ1v) is 10.4. The molecule has 1 saturated heterocycles. The van der Waals surface area contributed by atoms with Gasteiger partial charge in [-0.25, -0.2) is 4.99 Å². The molecule has 1 aromatic rings. The number of rotatable bonds is 7. The lowest BCUT2D eigenvalue weighted by Crippen LogP contribution is -2.50. The van der Waals surface area contributed by atoms with Gasteiger partial charge in [-0.2, -0.15) is 0 Å². The molecule has 26 heavy (non-hydrogen) atoms. The van der Waals surface area contributed by atoms with Crippen molar-refractivity contribution in [2.75, 3.05) is 26.2 Å². The molecule has 3 atom stereocenters. The van der Waals surface area contributed by atoms with Crippen molar-refractivity contribution in [1.82, 2.24) is 15.5 Å². The molecular formula is C19H35IN4OS. The van der Waals surface area contributed by atoms with Crippen LogP contribution in [0.3, 0.4) is 0 Å². The lowest BCUT2D eigenvalue weighted by atomic mass is 10.0. The number of aliphatic hydroxyl groups is 1. The summed E-state index contributed by atoms with van der Waals surface area (Å²) in [6.07, 6.45) is 3.94. The molecule has 0 bridgehead atoms. The third-order valence-electron chi connectivity index (χ3n) is 4.93. The van der Waals surface area contributed by atoms with Crippen LogP contribution in [0, 0.1) is 0 Å². The molecule has 3 unspecified atom stereocenters. The van der Waals surface area contributed by atoms with Crippen LogP contribution in [0.25, 0.3) is 0 Å². The average molecular weight is 494 g/mol. The van der Waals surface area contributed by atoms with E-state index in [9.17, 15) is 5.11 Å². The predicted molar refractivity (Wildman–Crippen MR) is 123 cm³/mol. The van der Waals surface area contributed by atoms with Gasteiger partial charge in [-0.1, -0.05) is 12.5 Å². The van der Waals surface area contributed by atoms with Crippen molar-refractivity contribution in [2.24, 2.45) is 4.99 Å². The number of nitrogens with one attached hydrogen (secondary N) is 2. The van der Waals surface area contributed by atoms with Crippen LogP contribution in [-0.2, 0) is 5.60 Å². The van der Waals surface area contributed by atoms with Gasteiger partial charge in [0.2, 0.25) is 0 Å².